The lowest BCUT2D eigenvalue weighted by molar-refractivity contribution is -0.137. The van der Waals surface area contributed by atoms with Gasteiger partial charge in [0, 0.05) is 55.2 Å². The van der Waals surface area contributed by atoms with Crippen LogP contribution in [0.1, 0.15) is 31.0 Å². The van der Waals surface area contributed by atoms with Crippen molar-refractivity contribution in [2.75, 3.05) is 18.9 Å². The summed E-state index contributed by atoms with van der Waals surface area (Å²) in [4.78, 5) is 15.6. The van der Waals surface area contributed by atoms with Crippen LogP contribution in [0.5, 0.6) is 0 Å². The van der Waals surface area contributed by atoms with Gasteiger partial charge in [-0.2, -0.15) is 13.2 Å². The molecule has 176 valence electrons. The quantitative estimate of drug-likeness (QED) is 0.289. The van der Waals surface area contributed by atoms with E-state index >= 15 is 0 Å². The number of nitrogens with one attached hydrogen (secondary N) is 3. The minimum absolute atomic E-state index is 0.0349. The van der Waals surface area contributed by atoms with Gasteiger partial charge in [-0.15, -0.1) is 0 Å². The van der Waals surface area contributed by atoms with E-state index < -0.39 is 11.7 Å². The van der Waals surface area contributed by atoms with Gasteiger partial charge in [0.2, 0.25) is 5.95 Å². The van der Waals surface area contributed by atoms with E-state index in [0.29, 0.717) is 35.0 Å². The van der Waals surface area contributed by atoms with Crippen LogP contribution < -0.4 is 22.2 Å². The highest BCUT2D eigenvalue weighted by Crippen LogP contribution is 2.38. The first kappa shape index (κ1) is 22.8. The Balaban J connectivity index is 1.74. The van der Waals surface area contributed by atoms with Crippen LogP contribution in [0.25, 0.3) is 28.0 Å². The van der Waals surface area contributed by atoms with Crippen LogP contribution in [-0.4, -0.2) is 50.6 Å². The zero-order valence-corrected chi connectivity index (χ0v) is 18.2. The highest BCUT2D eigenvalue weighted by atomic mass is 19.4. The van der Waals surface area contributed by atoms with E-state index in [9.17, 15) is 13.2 Å². The standard InChI is InChI=1S/C21H26F3N9/c1-11-3-4-12(8-27-11)30-20-29-10-15(21(22,23)24)18(32-20)14-9-28-19-13(14)5-6-16(31-19)17(7-25)33(2)26/h5-7,9-12,27H,3-4,8,25-26H2,1-2H3,(H,28,31)(H,29,30,32)/b17-7-/t11-,12?/m1/s1. The number of piperidine rings is 1. The molecule has 3 aromatic rings. The Morgan fingerprint density at radius 1 is 1.27 bits per heavy atom. The number of fused-ring (bicyclic) bond motifs is 1. The summed E-state index contributed by atoms with van der Waals surface area (Å²) in [5.41, 5.74) is 6.09. The summed E-state index contributed by atoms with van der Waals surface area (Å²) in [6, 6.07) is 3.75. The summed E-state index contributed by atoms with van der Waals surface area (Å²) < 4.78 is 41.4. The molecule has 0 bridgehead atoms. The highest BCUT2D eigenvalue weighted by molar-refractivity contribution is 5.94. The number of anilines is 1. The molecule has 4 rings (SSSR count). The maximum Gasteiger partial charge on any atom is 0.419 e. The molecule has 1 aliphatic heterocycles. The molecule has 0 amide bonds. The lowest BCUT2D eigenvalue weighted by Gasteiger charge is -2.28. The van der Waals surface area contributed by atoms with Gasteiger partial charge in [-0.3, -0.25) is 0 Å². The first-order chi connectivity index (χ1) is 15.7. The number of hydrogen-bond acceptors (Lipinski definition) is 8. The molecule has 1 saturated heterocycles. The Bertz CT molecular complexity index is 1160. The summed E-state index contributed by atoms with van der Waals surface area (Å²) >= 11 is 0. The van der Waals surface area contributed by atoms with E-state index in [-0.39, 0.29) is 23.2 Å². The predicted octanol–water partition coefficient (Wildman–Crippen LogP) is 2.65. The van der Waals surface area contributed by atoms with E-state index in [1.165, 1.54) is 17.4 Å². The molecular formula is C21H26F3N9. The molecule has 1 unspecified atom stereocenters. The largest absolute Gasteiger partial charge is 0.419 e. The van der Waals surface area contributed by atoms with Crippen LogP contribution >= 0.6 is 0 Å². The fraction of sp³-hybridized carbons (Fsp3) is 0.381. The molecule has 0 spiro atoms. The molecule has 33 heavy (non-hydrogen) atoms. The Kier molecular flexibility index (Phi) is 6.13. The summed E-state index contributed by atoms with van der Waals surface area (Å²) in [7, 11) is 1.61. The molecule has 1 aliphatic rings. The SMILES string of the molecule is C[C@@H]1CCC(Nc2ncc(C(F)(F)F)c(-c3c[nH]c4nc(/C(=C/N)N(C)N)ccc34)n2)CN1. The van der Waals surface area contributed by atoms with Gasteiger partial charge in [-0.05, 0) is 31.9 Å². The number of nitrogens with two attached hydrogens (primary N) is 2. The summed E-state index contributed by atoms with van der Waals surface area (Å²) in [5.74, 6) is 5.92. The third-order valence-corrected chi connectivity index (χ3v) is 5.68. The molecule has 0 aliphatic carbocycles. The van der Waals surface area contributed by atoms with Crippen molar-refractivity contribution in [3.05, 3.63) is 42.0 Å². The van der Waals surface area contributed by atoms with Gasteiger partial charge >= 0.3 is 6.18 Å². The number of pyridine rings is 1. The van der Waals surface area contributed by atoms with Gasteiger partial charge in [-0.1, -0.05) is 0 Å². The van der Waals surface area contributed by atoms with E-state index in [1.54, 1.807) is 19.2 Å². The number of aromatic amines is 1. The minimum atomic E-state index is -4.62. The third-order valence-electron chi connectivity index (χ3n) is 5.68. The van der Waals surface area contributed by atoms with E-state index in [4.69, 9.17) is 11.6 Å². The number of H-pyrrole nitrogens is 1. The topological polar surface area (TPSA) is 134 Å². The Hall–Kier alpha value is -3.38. The zero-order valence-electron chi connectivity index (χ0n) is 18.2. The average Bonchev–Trinajstić information content (AvgIpc) is 3.18. The van der Waals surface area contributed by atoms with Crippen molar-refractivity contribution < 1.29 is 13.2 Å². The molecule has 3 aromatic heterocycles. The van der Waals surface area contributed by atoms with Crippen LogP contribution in [0.3, 0.4) is 0 Å². The average molecular weight is 461 g/mol. The highest BCUT2D eigenvalue weighted by Gasteiger charge is 2.36. The molecule has 7 N–H and O–H groups in total. The Labute approximate surface area is 188 Å². The van der Waals surface area contributed by atoms with Gasteiger partial charge < -0.3 is 26.4 Å². The van der Waals surface area contributed by atoms with Gasteiger partial charge in [0.25, 0.3) is 0 Å². The van der Waals surface area contributed by atoms with E-state index in [0.717, 1.165) is 19.0 Å². The molecular weight excluding hydrogens is 435 g/mol. The van der Waals surface area contributed by atoms with E-state index in [1.807, 2.05) is 0 Å². The summed E-state index contributed by atoms with van der Waals surface area (Å²) in [6.45, 7) is 2.78. The molecule has 4 heterocycles. The second kappa shape index (κ2) is 8.87. The lowest BCUT2D eigenvalue weighted by atomic mass is 10.0. The van der Waals surface area contributed by atoms with Crippen molar-refractivity contribution >= 4 is 22.7 Å². The minimum Gasteiger partial charge on any atom is -0.403 e. The molecule has 0 radical (unpaired) electrons. The van der Waals surface area contributed by atoms with Crippen LogP contribution in [-0.2, 0) is 6.18 Å². The van der Waals surface area contributed by atoms with Crippen molar-refractivity contribution in [1.82, 2.24) is 30.3 Å². The third kappa shape index (κ3) is 4.71. The van der Waals surface area contributed by atoms with Crippen molar-refractivity contribution in [2.45, 2.75) is 38.0 Å². The van der Waals surface area contributed by atoms with Crippen molar-refractivity contribution in [3.63, 3.8) is 0 Å². The van der Waals surface area contributed by atoms with Gasteiger partial charge in [-0.25, -0.2) is 20.8 Å². The smallest absolute Gasteiger partial charge is 0.403 e. The summed E-state index contributed by atoms with van der Waals surface area (Å²) in [5, 5.41) is 8.29. The molecule has 12 heteroatoms. The molecule has 1 fully saturated rings. The van der Waals surface area contributed by atoms with Crippen LogP contribution in [0.2, 0.25) is 0 Å². The second-order valence-corrected chi connectivity index (χ2v) is 8.14. The Morgan fingerprint density at radius 3 is 2.70 bits per heavy atom. The van der Waals surface area contributed by atoms with Crippen LogP contribution in [0.4, 0.5) is 19.1 Å². The number of hydrogen-bond donors (Lipinski definition) is 5. The van der Waals surface area contributed by atoms with Crippen LogP contribution in [0, 0.1) is 0 Å². The fourth-order valence-electron chi connectivity index (χ4n) is 3.90. The number of rotatable bonds is 5. The molecule has 0 aromatic carbocycles. The molecule has 9 nitrogen and oxygen atoms in total. The lowest BCUT2D eigenvalue weighted by Crippen LogP contribution is -2.43. The first-order valence-electron chi connectivity index (χ1n) is 10.5. The van der Waals surface area contributed by atoms with Crippen molar-refractivity contribution in [3.8, 4) is 11.3 Å². The van der Waals surface area contributed by atoms with Crippen molar-refractivity contribution in [2.24, 2.45) is 11.6 Å². The normalized spacial score (nSPS) is 19.6. The zero-order chi connectivity index (χ0) is 23.8. The summed E-state index contributed by atoms with van der Waals surface area (Å²) in [6.07, 6.45) is 0.805. The molecule has 0 saturated carbocycles. The number of hydrazine groups is 1. The van der Waals surface area contributed by atoms with Crippen molar-refractivity contribution in [1.29, 1.82) is 0 Å². The Morgan fingerprint density at radius 2 is 2.06 bits per heavy atom. The predicted molar refractivity (Wildman–Crippen MR) is 120 cm³/mol. The van der Waals surface area contributed by atoms with Crippen LogP contribution in [0.15, 0.2) is 30.7 Å². The first-order valence-corrected chi connectivity index (χ1v) is 10.5. The number of halogens is 3. The number of aromatic nitrogens is 4. The monoisotopic (exact) mass is 461 g/mol. The second-order valence-electron chi connectivity index (χ2n) is 8.14. The maximum absolute atomic E-state index is 13.8. The fourth-order valence-corrected chi connectivity index (χ4v) is 3.90. The number of nitrogens with zero attached hydrogens (tertiary/aromatic N) is 4. The van der Waals surface area contributed by atoms with Gasteiger partial charge in [0.05, 0.1) is 17.1 Å². The van der Waals surface area contributed by atoms with Gasteiger partial charge in [0.1, 0.15) is 11.2 Å². The molecule has 2 atom stereocenters. The van der Waals surface area contributed by atoms with Gasteiger partial charge in [0.15, 0.2) is 0 Å². The number of alkyl halides is 3. The van der Waals surface area contributed by atoms with E-state index in [2.05, 4.69) is 37.5 Å². The maximum atomic E-state index is 13.8.